The minimum atomic E-state index is -1.69. The van der Waals surface area contributed by atoms with Crippen molar-refractivity contribution in [3.63, 3.8) is 0 Å². The van der Waals surface area contributed by atoms with Crippen LogP contribution in [0.3, 0.4) is 0 Å². The Hall–Kier alpha value is -4.18. The van der Waals surface area contributed by atoms with Crippen LogP contribution in [0, 0.1) is 17.5 Å². The summed E-state index contributed by atoms with van der Waals surface area (Å²) in [6.07, 6.45) is 0. The van der Waals surface area contributed by atoms with Crippen LogP contribution >= 0.6 is 0 Å². The van der Waals surface area contributed by atoms with Crippen molar-refractivity contribution in [2.24, 2.45) is 0 Å². The number of hydrogen-bond acceptors (Lipinski definition) is 4. The fourth-order valence-corrected chi connectivity index (χ4v) is 3.06. The molecule has 0 aliphatic rings. The number of halogens is 3. The first-order valence-electron chi connectivity index (χ1n) is 10.1. The van der Waals surface area contributed by atoms with E-state index in [2.05, 4.69) is 16.0 Å². The van der Waals surface area contributed by atoms with Gasteiger partial charge in [-0.2, -0.15) is 0 Å². The third kappa shape index (κ3) is 6.42. The third-order valence-electron chi connectivity index (χ3n) is 4.61. The highest BCUT2D eigenvalue weighted by atomic mass is 19.2. The van der Waals surface area contributed by atoms with Crippen LogP contribution in [0.2, 0.25) is 0 Å². The molecule has 0 radical (unpaired) electrons. The molecule has 0 unspecified atom stereocenters. The van der Waals surface area contributed by atoms with Crippen LogP contribution in [0.15, 0.2) is 66.7 Å². The van der Waals surface area contributed by atoms with Crippen LogP contribution in [0.5, 0.6) is 0 Å². The number of rotatable bonds is 8. The predicted octanol–water partition coefficient (Wildman–Crippen LogP) is 3.87. The fraction of sp³-hybridized carbons (Fsp3) is 0.125. The van der Waals surface area contributed by atoms with Gasteiger partial charge >= 0.3 is 0 Å². The van der Waals surface area contributed by atoms with E-state index < -0.39 is 40.9 Å². The summed E-state index contributed by atoms with van der Waals surface area (Å²) in [5.41, 5.74) is 0.605. The standard InChI is InChI=1S/C24H21F3N4O3/c1-31(14-21(33)30-19-12-11-17(25)22(26)23(19)27)13-20(32)29-18-10-6-5-9-16(18)24(34)28-15-7-3-2-4-8-15/h2-12H,13-14H2,1H3,(H,28,34)(H,29,32)(H,30,33). The molecule has 3 rings (SSSR count). The largest absolute Gasteiger partial charge is 0.324 e. The minimum Gasteiger partial charge on any atom is -0.324 e. The molecule has 0 aliphatic carbocycles. The van der Waals surface area contributed by atoms with E-state index in [0.29, 0.717) is 11.8 Å². The lowest BCUT2D eigenvalue weighted by Crippen LogP contribution is -2.36. The zero-order chi connectivity index (χ0) is 24.7. The molecule has 0 aromatic heterocycles. The van der Waals surface area contributed by atoms with Crippen LogP contribution < -0.4 is 16.0 Å². The number of para-hydroxylation sites is 2. The van der Waals surface area contributed by atoms with Gasteiger partial charge in [0, 0.05) is 5.69 Å². The van der Waals surface area contributed by atoms with Gasteiger partial charge in [-0.3, -0.25) is 19.3 Å². The topological polar surface area (TPSA) is 90.5 Å². The van der Waals surface area contributed by atoms with Crippen molar-refractivity contribution < 1.29 is 27.6 Å². The van der Waals surface area contributed by atoms with Gasteiger partial charge in [0.15, 0.2) is 17.5 Å². The molecule has 0 heterocycles. The summed E-state index contributed by atoms with van der Waals surface area (Å²) in [5.74, 6) is -6.23. The number of likely N-dealkylation sites (N-methyl/N-ethyl adjacent to an activating group) is 1. The number of carbonyl (C=O) groups excluding carboxylic acids is 3. The lowest BCUT2D eigenvalue weighted by Gasteiger charge is -2.17. The highest BCUT2D eigenvalue weighted by molar-refractivity contribution is 6.10. The van der Waals surface area contributed by atoms with Gasteiger partial charge in [-0.15, -0.1) is 0 Å². The Bertz CT molecular complexity index is 1210. The summed E-state index contributed by atoms with van der Waals surface area (Å²) in [6, 6.07) is 16.8. The van der Waals surface area contributed by atoms with E-state index in [-0.39, 0.29) is 24.3 Å². The molecule has 0 atom stereocenters. The zero-order valence-electron chi connectivity index (χ0n) is 18.1. The number of nitrogens with zero attached hydrogens (tertiary/aromatic N) is 1. The Morgan fingerprint density at radius 1 is 0.706 bits per heavy atom. The van der Waals surface area contributed by atoms with Crippen LogP contribution in [0.1, 0.15) is 10.4 Å². The molecule has 0 bridgehead atoms. The van der Waals surface area contributed by atoms with Crippen molar-refractivity contribution in [1.29, 1.82) is 0 Å². The molecular formula is C24H21F3N4O3. The highest BCUT2D eigenvalue weighted by Gasteiger charge is 2.18. The number of anilines is 3. The third-order valence-corrected chi connectivity index (χ3v) is 4.61. The molecule has 7 nitrogen and oxygen atoms in total. The second-order valence-electron chi connectivity index (χ2n) is 7.36. The molecule has 3 aromatic rings. The van der Waals surface area contributed by atoms with Gasteiger partial charge in [0.25, 0.3) is 5.91 Å². The van der Waals surface area contributed by atoms with Gasteiger partial charge < -0.3 is 16.0 Å². The summed E-state index contributed by atoms with van der Waals surface area (Å²) < 4.78 is 40.0. The number of nitrogens with one attached hydrogen (secondary N) is 3. The lowest BCUT2D eigenvalue weighted by atomic mass is 10.1. The first-order chi connectivity index (χ1) is 16.2. The van der Waals surface area contributed by atoms with E-state index in [0.717, 1.165) is 6.07 Å². The average Bonchev–Trinajstić information content (AvgIpc) is 2.80. The zero-order valence-corrected chi connectivity index (χ0v) is 18.1. The lowest BCUT2D eigenvalue weighted by molar-refractivity contribution is -0.119. The predicted molar refractivity (Wildman–Crippen MR) is 122 cm³/mol. The summed E-state index contributed by atoms with van der Waals surface area (Å²) in [7, 11) is 1.47. The van der Waals surface area contributed by atoms with Crippen LogP contribution in [-0.4, -0.2) is 42.8 Å². The van der Waals surface area contributed by atoms with E-state index in [1.807, 2.05) is 6.07 Å². The number of amides is 3. The average molecular weight is 470 g/mol. The number of benzene rings is 3. The first kappa shape index (κ1) is 24.5. The minimum absolute atomic E-state index is 0.234. The van der Waals surface area contributed by atoms with Crippen molar-refractivity contribution in [2.75, 3.05) is 36.1 Å². The van der Waals surface area contributed by atoms with E-state index in [1.165, 1.54) is 11.9 Å². The van der Waals surface area contributed by atoms with E-state index >= 15 is 0 Å². The molecule has 10 heteroatoms. The summed E-state index contributed by atoms with van der Waals surface area (Å²) in [5, 5.41) is 7.50. The fourth-order valence-electron chi connectivity index (χ4n) is 3.06. The van der Waals surface area contributed by atoms with Crippen molar-refractivity contribution >= 4 is 34.8 Å². The van der Waals surface area contributed by atoms with Crippen molar-refractivity contribution in [3.05, 3.63) is 89.7 Å². The monoisotopic (exact) mass is 470 g/mol. The Morgan fingerprint density at radius 2 is 1.29 bits per heavy atom. The van der Waals surface area contributed by atoms with Crippen molar-refractivity contribution in [2.45, 2.75) is 0 Å². The summed E-state index contributed by atoms with van der Waals surface area (Å²) >= 11 is 0. The molecule has 3 N–H and O–H groups in total. The highest BCUT2D eigenvalue weighted by Crippen LogP contribution is 2.20. The SMILES string of the molecule is CN(CC(=O)Nc1ccccc1C(=O)Nc1ccccc1)CC(=O)Nc1ccc(F)c(F)c1F. The summed E-state index contributed by atoms with van der Waals surface area (Å²) in [4.78, 5) is 38.5. The molecule has 3 aromatic carbocycles. The molecule has 176 valence electrons. The molecule has 3 amide bonds. The molecule has 0 fully saturated rings. The van der Waals surface area contributed by atoms with Gasteiger partial charge in [0.05, 0.1) is 30.0 Å². The molecule has 0 aliphatic heterocycles. The molecule has 34 heavy (non-hydrogen) atoms. The van der Waals surface area contributed by atoms with Crippen molar-refractivity contribution in [1.82, 2.24) is 4.90 Å². The van der Waals surface area contributed by atoms with Crippen LogP contribution in [0.25, 0.3) is 0 Å². The number of carbonyl (C=O) groups is 3. The van der Waals surface area contributed by atoms with Crippen molar-refractivity contribution in [3.8, 4) is 0 Å². The van der Waals surface area contributed by atoms with E-state index in [9.17, 15) is 27.6 Å². The Kier molecular flexibility index (Phi) is 7.99. The van der Waals surface area contributed by atoms with Gasteiger partial charge in [0.1, 0.15) is 0 Å². The van der Waals surface area contributed by atoms with Gasteiger partial charge in [-0.05, 0) is 43.4 Å². The Labute approximate surface area is 193 Å². The molecule has 0 saturated heterocycles. The Morgan fingerprint density at radius 3 is 1.97 bits per heavy atom. The van der Waals surface area contributed by atoms with Gasteiger partial charge in [-0.1, -0.05) is 30.3 Å². The normalized spacial score (nSPS) is 10.6. The quantitative estimate of drug-likeness (QED) is 0.436. The maximum Gasteiger partial charge on any atom is 0.257 e. The van der Waals surface area contributed by atoms with E-state index in [4.69, 9.17) is 0 Å². The summed E-state index contributed by atoms with van der Waals surface area (Å²) in [6.45, 7) is -0.565. The van der Waals surface area contributed by atoms with Gasteiger partial charge in [0.2, 0.25) is 11.8 Å². The molecule has 0 saturated carbocycles. The van der Waals surface area contributed by atoms with Crippen LogP contribution in [0.4, 0.5) is 30.2 Å². The molecule has 0 spiro atoms. The van der Waals surface area contributed by atoms with E-state index in [1.54, 1.807) is 48.5 Å². The van der Waals surface area contributed by atoms with Gasteiger partial charge in [-0.25, -0.2) is 13.2 Å². The van der Waals surface area contributed by atoms with Crippen LogP contribution in [-0.2, 0) is 9.59 Å². The Balaban J connectivity index is 1.57. The maximum atomic E-state index is 13.7. The number of hydrogen-bond donors (Lipinski definition) is 3. The first-order valence-corrected chi connectivity index (χ1v) is 10.1. The second-order valence-corrected chi connectivity index (χ2v) is 7.36. The maximum absolute atomic E-state index is 13.7. The second kappa shape index (κ2) is 11.1. The smallest absolute Gasteiger partial charge is 0.257 e. The molecular weight excluding hydrogens is 449 g/mol.